The molecule has 0 saturated heterocycles. The first kappa shape index (κ1) is 23.7. The molecule has 2 rings (SSSR count). The van der Waals surface area contributed by atoms with Crippen LogP contribution in [0.1, 0.15) is 52.9 Å². The van der Waals surface area contributed by atoms with Crippen LogP contribution in [0.15, 0.2) is 6.20 Å². The molecule has 0 spiro atoms. The van der Waals surface area contributed by atoms with Crippen LogP contribution in [0.25, 0.3) is 0 Å². The summed E-state index contributed by atoms with van der Waals surface area (Å²) in [6, 6.07) is 0. The normalized spacial score (nSPS) is 15.6. The molecule has 10 nitrogen and oxygen atoms in total. The van der Waals surface area contributed by atoms with Crippen molar-refractivity contribution in [1.82, 2.24) is 15.3 Å². The average Bonchev–Trinajstić information content (AvgIpc) is 2.67. The van der Waals surface area contributed by atoms with Crippen LogP contribution in [-0.4, -0.2) is 52.7 Å². The molecule has 1 aromatic heterocycles. The summed E-state index contributed by atoms with van der Waals surface area (Å²) in [5.74, 6) is -1.76. The van der Waals surface area contributed by atoms with Crippen molar-refractivity contribution in [3.8, 4) is 0 Å². The first-order chi connectivity index (χ1) is 14.0. The number of amides is 2. The van der Waals surface area contributed by atoms with Gasteiger partial charge in [0.25, 0.3) is 0 Å². The summed E-state index contributed by atoms with van der Waals surface area (Å²) in [7, 11) is 1.11. The number of esters is 1. The Morgan fingerprint density at radius 2 is 1.87 bits per heavy atom. The molecule has 0 atom stereocenters. The van der Waals surface area contributed by atoms with Gasteiger partial charge in [-0.25, -0.2) is 14.6 Å². The summed E-state index contributed by atoms with van der Waals surface area (Å²) >= 11 is 5.95. The van der Waals surface area contributed by atoms with Crippen LogP contribution in [0, 0.1) is 0 Å². The van der Waals surface area contributed by atoms with Gasteiger partial charge in [0.2, 0.25) is 5.28 Å². The van der Waals surface area contributed by atoms with Crippen LogP contribution in [0.5, 0.6) is 0 Å². The summed E-state index contributed by atoms with van der Waals surface area (Å²) in [5.41, 5.74) is -0.961. The third kappa shape index (κ3) is 7.01. The number of carbonyl (C=O) groups excluding carboxylic acids is 3. The topological polar surface area (TPSA) is 132 Å². The molecule has 30 heavy (non-hydrogen) atoms. The van der Waals surface area contributed by atoms with Crippen LogP contribution in [0.3, 0.4) is 0 Å². The lowest BCUT2D eigenvalue weighted by Gasteiger charge is -2.39. The Balaban J connectivity index is 2.21. The third-order valence-corrected chi connectivity index (χ3v) is 4.72. The smallest absolute Gasteiger partial charge is 0.407 e. The lowest BCUT2D eigenvalue weighted by molar-refractivity contribution is -0.150. The number of nitrogens with zero attached hydrogens (tertiary/aromatic N) is 2. The van der Waals surface area contributed by atoms with E-state index in [2.05, 4.69) is 30.7 Å². The number of hydrogen-bond acceptors (Lipinski definition) is 8. The number of ether oxygens (including phenoxy) is 2. The molecule has 0 bridgehead atoms. The molecular weight excluding hydrogens is 414 g/mol. The maximum atomic E-state index is 12.2. The van der Waals surface area contributed by atoms with E-state index in [4.69, 9.17) is 16.3 Å². The monoisotopic (exact) mass is 441 g/mol. The molecule has 0 aliphatic heterocycles. The number of methoxy groups -OCH3 is 1. The highest BCUT2D eigenvalue weighted by atomic mass is 35.5. The van der Waals surface area contributed by atoms with Gasteiger partial charge < -0.3 is 25.4 Å². The number of halogens is 1. The van der Waals surface area contributed by atoms with Gasteiger partial charge in [-0.1, -0.05) is 19.3 Å². The Morgan fingerprint density at radius 1 is 1.20 bits per heavy atom. The van der Waals surface area contributed by atoms with Crippen molar-refractivity contribution in [2.24, 2.45) is 0 Å². The molecule has 166 valence electrons. The number of aromatic nitrogens is 2. The lowest BCUT2D eigenvalue weighted by atomic mass is 9.81. The minimum absolute atomic E-state index is 0.0281. The van der Waals surface area contributed by atoms with Crippen LogP contribution in [0.2, 0.25) is 5.28 Å². The number of nitrogens with one attached hydrogen (secondary N) is 3. The number of alkyl carbamates (subject to hydrolysis) is 1. The highest BCUT2D eigenvalue weighted by Gasteiger charge is 2.34. The molecular formula is C19H28ClN5O5. The second-order valence-electron chi connectivity index (χ2n) is 8.17. The highest BCUT2D eigenvalue weighted by Crippen LogP contribution is 2.33. The van der Waals surface area contributed by atoms with Crippen LogP contribution >= 0.6 is 11.6 Å². The first-order valence-corrected chi connectivity index (χ1v) is 10.1. The van der Waals surface area contributed by atoms with Gasteiger partial charge in [0.15, 0.2) is 5.82 Å². The summed E-state index contributed by atoms with van der Waals surface area (Å²) in [4.78, 5) is 43.6. The molecule has 0 radical (unpaired) electrons. The summed E-state index contributed by atoms with van der Waals surface area (Å²) in [6.07, 6.45) is 5.28. The van der Waals surface area contributed by atoms with Crippen molar-refractivity contribution in [2.75, 3.05) is 24.3 Å². The second-order valence-corrected chi connectivity index (χ2v) is 8.51. The van der Waals surface area contributed by atoms with Gasteiger partial charge in [0, 0.05) is 6.54 Å². The maximum absolute atomic E-state index is 12.2. The fourth-order valence-corrected chi connectivity index (χ4v) is 3.33. The van der Waals surface area contributed by atoms with E-state index in [0.29, 0.717) is 0 Å². The summed E-state index contributed by atoms with van der Waals surface area (Å²) in [6.45, 7) is 5.66. The van der Waals surface area contributed by atoms with E-state index in [-0.39, 0.29) is 23.3 Å². The molecule has 1 aliphatic rings. The van der Waals surface area contributed by atoms with Crippen molar-refractivity contribution in [2.45, 2.75) is 64.0 Å². The zero-order chi connectivity index (χ0) is 22.4. The molecule has 1 aliphatic carbocycles. The molecule has 2 amide bonds. The van der Waals surface area contributed by atoms with E-state index in [9.17, 15) is 14.4 Å². The largest absolute Gasteiger partial charge is 0.462 e. The maximum Gasteiger partial charge on any atom is 0.407 e. The fraction of sp³-hybridized carbons (Fsp3) is 0.632. The van der Waals surface area contributed by atoms with Crippen molar-refractivity contribution < 1.29 is 23.9 Å². The minimum atomic E-state index is -1.05. The van der Waals surface area contributed by atoms with Gasteiger partial charge in [-0.2, -0.15) is 4.98 Å². The van der Waals surface area contributed by atoms with Crippen molar-refractivity contribution in [1.29, 1.82) is 0 Å². The summed E-state index contributed by atoms with van der Waals surface area (Å²) < 4.78 is 9.75. The zero-order valence-corrected chi connectivity index (χ0v) is 18.4. The Hall–Kier alpha value is -2.62. The molecule has 11 heteroatoms. The predicted molar refractivity (Wildman–Crippen MR) is 111 cm³/mol. The van der Waals surface area contributed by atoms with Crippen LogP contribution < -0.4 is 16.0 Å². The van der Waals surface area contributed by atoms with Crippen molar-refractivity contribution in [3.05, 3.63) is 11.5 Å². The van der Waals surface area contributed by atoms with E-state index in [0.717, 1.165) is 39.2 Å². The van der Waals surface area contributed by atoms with E-state index in [1.165, 1.54) is 6.20 Å². The van der Waals surface area contributed by atoms with Crippen molar-refractivity contribution in [3.63, 3.8) is 0 Å². The van der Waals surface area contributed by atoms with E-state index in [1.54, 1.807) is 20.8 Å². The first-order valence-electron chi connectivity index (χ1n) is 9.70. The Labute approximate surface area is 180 Å². The second kappa shape index (κ2) is 9.92. The van der Waals surface area contributed by atoms with Gasteiger partial charge in [0.05, 0.1) is 18.8 Å². The third-order valence-electron chi connectivity index (χ3n) is 4.54. The number of anilines is 2. The molecule has 3 N–H and O–H groups in total. The molecule has 0 unspecified atom stereocenters. The number of carbonyl (C=O) groups is 3. The zero-order valence-electron chi connectivity index (χ0n) is 17.6. The van der Waals surface area contributed by atoms with E-state index < -0.39 is 29.1 Å². The molecule has 1 heterocycles. The van der Waals surface area contributed by atoms with Crippen molar-refractivity contribution >= 4 is 41.1 Å². The Morgan fingerprint density at radius 3 is 2.47 bits per heavy atom. The lowest BCUT2D eigenvalue weighted by Crippen LogP contribution is -2.51. The minimum Gasteiger partial charge on any atom is -0.462 e. The number of rotatable bonds is 5. The van der Waals surface area contributed by atoms with Gasteiger partial charge >= 0.3 is 18.0 Å². The number of hydrogen-bond donors (Lipinski definition) is 3. The highest BCUT2D eigenvalue weighted by molar-refractivity contribution is 6.37. The standard InChI is InChI=1S/C19H28ClN5O5/c1-18(2,3)30-17(28)22-11-19(8-6-5-7-9-19)25-13-12(10-21-16(20)24-13)23-14(26)15(27)29-4/h10H,5-9,11H2,1-4H3,(H,22,28)(H,23,26)(H,21,24,25). The summed E-state index contributed by atoms with van der Waals surface area (Å²) in [5, 5.41) is 8.51. The van der Waals surface area contributed by atoms with Crippen LogP contribution in [0.4, 0.5) is 16.3 Å². The SMILES string of the molecule is COC(=O)C(=O)Nc1cnc(Cl)nc1NC1(CNC(=O)OC(C)(C)C)CCCCC1. The predicted octanol–water partition coefficient (Wildman–Crippen LogP) is 2.88. The molecule has 1 aromatic rings. The van der Waals surface area contributed by atoms with E-state index in [1.807, 2.05) is 0 Å². The average molecular weight is 442 g/mol. The quantitative estimate of drug-likeness (QED) is 0.361. The Kier molecular flexibility index (Phi) is 7.83. The van der Waals surface area contributed by atoms with Gasteiger partial charge in [-0.3, -0.25) is 4.79 Å². The van der Waals surface area contributed by atoms with Crippen LogP contribution in [-0.2, 0) is 19.1 Å². The van der Waals surface area contributed by atoms with Gasteiger partial charge in [-0.15, -0.1) is 0 Å². The molecule has 1 saturated carbocycles. The fourth-order valence-electron chi connectivity index (χ4n) is 3.19. The van der Waals surface area contributed by atoms with E-state index >= 15 is 0 Å². The molecule has 1 fully saturated rings. The Bertz CT molecular complexity index is 790. The molecule has 0 aromatic carbocycles. The van der Waals surface area contributed by atoms with Gasteiger partial charge in [0.1, 0.15) is 11.3 Å². The van der Waals surface area contributed by atoms with Gasteiger partial charge in [-0.05, 0) is 45.2 Å².